The van der Waals surface area contributed by atoms with E-state index in [9.17, 15) is 5.26 Å². The fraction of sp³-hybridized carbons (Fsp3) is 0.562. The van der Waals surface area contributed by atoms with Crippen molar-refractivity contribution in [3.05, 3.63) is 23.8 Å². The third-order valence-corrected chi connectivity index (χ3v) is 3.82. The highest BCUT2D eigenvalue weighted by Gasteiger charge is 2.29. The molecule has 3 atom stereocenters. The number of hydrogen-bond donors (Lipinski definition) is 0. The molecular weight excluding hydrogens is 268 g/mol. The van der Waals surface area contributed by atoms with Gasteiger partial charge >= 0.3 is 0 Å². The Balaban J connectivity index is 1.84. The Hall–Kier alpha value is -1.77. The third kappa shape index (κ3) is 2.97. The summed E-state index contributed by atoms with van der Waals surface area (Å²) in [7, 11) is 0. The van der Waals surface area contributed by atoms with Crippen molar-refractivity contribution in [2.24, 2.45) is 0 Å². The van der Waals surface area contributed by atoms with Crippen LogP contribution in [0.5, 0.6) is 11.5 Å². The number of morpholine rings is 1. The highest BCUT2D eigenvalue weighted by Crippen LogP contribution is 2.34. The fourth-order valence-electron chi connectivity index (χ4n) is 3.03. The Kier molecular flexibility index (Phi) is 4.00. The van der Waals surface area contributed by atoms with Gasteiger partial charge in [0.2, 0.25) is 0 Å². The molecule has 0 saturated carbocycles. The molecule has 21 heavy (non-hydrogen) atoms. The molecule has 0 N–H and O–H groups in total. The van der Waals surface area contributed by atoms with Gasteiger partial charge in [-0.1, -0.05) is 6.07 Å². The molecule has 0 amide bonds. The summed E-state index contributed by atoms with van der Waals surface area (Å²) in [5.41, 5.74) is 0.947. The Morgan fingerprint density at radius 3 is 2.48 bits per heavy atom. The predicted molar refractivity (Wildman–Crippen MR) is 77.4 cm³/mol. The van der Waals surface area contributed by atoms with E-state index in [1.165, 1.54) is 0 Å². The molecule has 5 nitrogen and oxygen atoms in total. The van der Waals surface area contributed by atoms with Gasteiger partial charge < -0.3 is 14.2 Å². The largest absolute Gasteiger partial charge is 0.486 e. The van der Waals surface area contributed by atoms with Gasteiger partial charge in [0.25, 0.3) is 0 Å². The van der Waals surface area contributed by atoms with Crippen molar-refractivity contribution < 1.29 is 14.2 Å². The maximum atomic E-state index is 9.60. The molecular formula is C16H20N2O3. The Labute approximate surface area is 125 Å². The molecule has 0 aliphatic carbocycles. The molecule has 2 aliphatic heterocycles. The lowest BCUT2D eigenvalue weighted by atomic mass is 10.0. The number of hydrogen-bond acceptors (Lipinski definition) is 5. The zero-order chi connectivity index (χ0) is 14.8. The van der Waals surface area contributed by atoms with Crippen LogP contribution in [0.1, 0.15) is 25.5 Å². The summed E-state index contributed by atoms with van der Waals surface area (Å²) in [4.78, 5) is 2.17. The van der Waals surface area contributed by atoms with E-state index in [2.05, 4.69) is 11.0 Å². The molecule has 5 heteroatoms. The first kappa shape index (κ1) is 14.2. The minimum atomic E-state index is -0.283. The average Bonchev–Trinajstić information content (AvgIpc) is 2.47. The Bertz CT molecular complexity index is 545. The first-order valence-electron chi connectivity index (χ1n) is 7.36. The van der Waals surface area contributed by atoms with E-state index in [4.69, 9.17) is 14.2 Å². The SMILES string of the molecule is CC1CN(C(C#N)c2ccc3c(c2)OCCO3)CC(C)O1. The van der Waals surface area contributed by atoms with Crippen molar-refractivity contribution >= 4 is 0 Å². The number of rotatable bonds is 2. The van der Waals surface area contributed by atoms with Gasteiger partial charge in [-0.2, -0.15) is 5.26 Å². The number of benzene rings is 1. The van der Waals surface area contributed by atoms with Crippen molar-refractivity contribution in [1.82, 2.24) is 4.90 Å². The molecule has 1 aromatic rings. The zero-order valence-electron chi connectivity index (χ0n) is 12.4. The smallest absolute Gasteiger partial charge is 0.161 e. The van der Waals surface area contributed by atoms with Gasteiger partial charge in [0.15, 0.2) is 11.5 Å². The van der Waals surface area contributed by atoms with Crippen LogP contribution < -0.4 is 9.47 Å². The average molecular weight is 288 g/mol. The lowest BCUT2D eigenvalue weighted by molar-refractivity contribution is -0.0750. The van der Waals surface area contributed by atoms with Crippen LogP contribution in [0.3, 0.4) is 0 Å². The number of fused-ring (bicyclic) bond motifs is 1. The third-order valence-electron chi connectivity index (χ3n) is 3.82. The first-order chi connectivity index (χ1) is 10.2. The second-order valence-corrected chi connectivity index (χ2v) is 5.65. The molecule has 3 unspecified atom stereocenters. The molecule has 0 spiro atoms. The minimum absolute atomic E-state index is 0.141. The normalized spacial score (nSPS) is 26.9. The van der Waals surface area contributed by atoms with Gasteiger partial charge in [0, 0.05) is 13.1 Å². The van der Waals surface area contributed by atoms with Gasteiger partial charge in [0.05, 0.1) is 18.3 Å². The quantitative estimate of drug-likeness (QED) is 0.834. The van der Waals surface area contributed by atoms with Crippen molar-refractivity contribution in [2.75, 3.05) is 26.3 Å². The zero-order valence-corrected chi connectivity index (χ0v) is 12.4. The lowest BCUT2D eigenvalue weighted by Crippen LogP contribution is -2.46. The van der Waals surface area contributed by atoms with Crippen LogP contribution in [0.25, 0.3) is 0 Å². The molecule has 0 aromatic heterocycles. The fourth-order valence-corrected chi connectivity index (χ4v) is 3.03. The van der Waals surface area contributed by atoms with Crippen LogP contribution in [0.2, 0.25) is 0 Å². The molecule has 1 fully saturated rings. The second-order valence-electron chi connectivity index (χ2n) is 5.65. The molecule has 2 heterocycles. The summed E-state index contributed by atoms with van der Waals surface area (Å²) in [5, 5.41) is 9.60. The van der Waals surface area contributed by atoms with E-state index in [1.54, 1.807) is 0 Å². The monoisotopic (exact) mass is 288 g/mol. The van der Waals surface area contributed by atoms with E-state index in [0.717, 1.165) is 30.2 Å². The van der Waals surface area contributed by atoms with Crippen LogP contribution in [0, 0.1) is 11.3 Å². The van der Waals surface area contributed by atoms with Crippen LogP contribution in [0.15, 0.2) is 18.2 Å². The summed E-state index contributed by atoms with van der Waals surface area (Å²) >= 11 is 0. The first-order valence-corrected chi connectivity index (χ1v) is 7.36. The van der Waals surface area contributed by atoms with Crippen molar-refractivity contribution in [3.63, 3.8) is 0 Å². The maximum Gasteiger partial charge on any atom is 0.161 e. The maximum absolute atomic E-state index is 9.60. The van der Waals surface area contributed by atoms with Gasteiger partial charge in [-0.15, -0.1) is 0 Å². The minimum Gasteiger partial charge on any atom is -0.486 e. The predicted octanol–water partition coefficient (Wildman–Crippen LogP) is 2.13. The number of nitrogens with zero attached hydrogens (tertiary/aromatic N) is 2. The summed E-state index contributed by atoms with van der Waals surface area (Å²) in [6, 6.07) is 7.89. The number of nitriles is 1. The highest BCUT2D eigenvalue weighted by atomic mass is 16.6. The number of ether oxygens (including phenoxy) is 3. The molecule has 3 rings (SSSR count). The van der Waals surface area contributed by atoms with Gasteiger partial charge in [-0.25, -0.2) is 0 Å². The van der Waals surface area contributed by atoms with E-state index < -0.39 is 0 Å². The van der Waals surface area contributed by atoms with Crippen molar-refractivity contribution in [3.8, 4) is 17.6 Å². The summed E-state index contributed by atoms with van der Waals surface area (Å²) in [5.74, 6) is 1.48. The van der Waals surface area contributed by atoms with Crippen LogP contribution in [-0.2, 0) is 4.74 Å². The summed E-state index contributed by atoms with van der Waals surface area (Å²) in [6.45, 7) is 6.74. The van der Waals surface area contributed by atoms with Gasteiger partial charge in [0.1, 0.15) is 19.3 Å². The van der Waals surface area contributed by atoms with Crippen molar-refractivity contribution in [1.29, 1.82) is 5.26 Å². The van der Waals surface area contributed by atoms with E-state index in [0.29, 0.717) is 13.2 Å². The van der Waals surface area contributed by atoms with E-state index >= 15 is 0 Å². The second kappa shape index (κ2) is 5.92. The Morgan fingerprint density at radius 2 is 1.81 bits per heavy atom. The highest BCUT2D eigenvalue weighted by molar-refractivity contribution is 5.45. The van der Waals surface area contributed by atoms with E-state index in [1.807, 2.05) is 32.0 Å². The molecule has 0 radical (unpaired) electrons. The molecule has 2 aliphatic rings. The topological polar surface area (TPSA) is 54.7 Å². The summed E-state index contributed by atoms with van der Waals surface area (Å²) < 4.78 is 16.9. The molecule has 112 valence electrons. The van der Waals surface area contributed by atoms with E-state index in [-0.39, 0.29) is 18.2 Å². The lowest BCUT2D eigenvalue weighted by Gasteiger charge is -2.38. The molecule has 1 aromatic carbocycles. The van der Waals surface area contributed by atoms with Crippen molar-refractivity contribution in [2.45, 2.75) is 32.1 Å². The standard InChI is InChI=1S/C16H20N2O3/c1-11-9-18(10-12(2)21-11)14(8-17)13-3-4-15-16(7-13)20-6-5-19-15/h3-4,7,11-12,14H,5-6,9-10H2,1-2H3. The van der Waals surface area contributed by atoms with Crippen LogP contribution in [0.4, 0.5) is 0 Å². The van der Waals surface area contributed by atoms with Gasteiger partial charge in [-0.05, 0) is 31.5 Å². The van der Waals surface area contributed by atoms with Crippen LogP contribution in [-0.4, -0.2) is 43.4 Å². The Morgan fingerprint density at radius 1 is 1.14 bits per heavy atom. The molecule has 1 saturated heterocycles. The van der Waals surface area contributed by atoms with Gasteiger partial charge in [-0.3, -0.25) is 4.90 Å². The summed E-state index contributed by atoms with van der Waals surface area (Å²) in [6.07, 6.45) is 0.281. The molecule has 0 bridgehead atoms. The van der Waals surface area contributed by atoms with Crippen LogP contribution >= 0.6 is 0 Å².